The minimum Gasteiger partial charge on any atom is -0.486 e. The van der Waals surface area contributed by atoms with Crippen LogP contribution in [0.15, 0.2) is 48.1 Å². The van der Waals surface area contributed by atoms with Gasteiger partial charge in [0.25, 0.3) is 0 Å². The van der Waals surface area contributed by atoms with Crippen molar-refractivity contribution in [2.75, 3.05) is 11.9 Å². The number of halogens is 2. The highest BCUT2D eigenvalue weighted by molar-refractivity contribution is 6.01. The van der Waals surface area contributed by atoms with E-state index in [1.165, 1.54) is 12.2 Å². The molecule has 5 aliphatic rings. The Balaban J connectivity index is 1.20. The zero-order valence-corrected chi connectivity index (χ0v) is 30.6. The monoisotopic (exact) mass is 727 g/mol. The molecule has 1 aromatic carbocycles. The molecule has 12 atom stereocenters. The van der Waals surface area contributed by atoms with Crippen LogP contribution in [0.4, 0.5) is 14.5 Å². The van der Waals surface area contributed by atoms with Crippen molar-refractivity contribution in [1.82, 2.24) is 5.32 Å². The third-order valence-corrected chi connectivity index (χ3v) is 12.6. The molecule has 11 nitrogen and oxygen atoms in total. The van der Waals surface area contributed by atoms with Gasteiger partial charge in [-0.05, 0) is 93.4 Å². The van der Waals surface area contributed by atoms with Gasteiger partial charge in [-0.25, -0.2) is 8.78 Å². The molecule has 13 heteroatoms. The van der Waals surface area contributed by atoms with E-state index in [1.54, 1.807) is 38.1 Å². The molecule has 1 saturated heterocycles. The summed E-state index contributed by atoms with van der Waals surface area (Å²) in [4.78, 5) is 51.7. The van der Waals surface area contributed by atoms with Crippen molar-refractivity contribution in [3.05, 3.63) is 48.1 Å². The maximum atomic E-state index is 17.7. The number of hydrogen-bond donors (Lipinski definition) is 4. The quantitative estimate of drug-likeness (QED) is 0.261. The number of carbonyl (C=O) groups is 4. The number of ether oxygens (including phenoxy) is 3. The van der Waals surface area contributed by atoms with Gasteiger partial charge < -0.3 is 35.7 Å². The van der Waals surface area contributed by atoms with Crippen LogP contribution in [0.1, 0.15) is 73.6 Å². The number of benzene rings is 1. The molecule has 2 unspecified atom stereocenters. The minimum atomic E-state index is -2.30. The fourth-order valence-electron chi connectivity index (χ4n) is 9.70. The lowest BCUT2D eigenvalue weighted by Gasteiger charge is -2.63. The molecule has 0 spiro atoms. The number of hydrogen-bond acceptors (Lipinski definition) is 9. The zero-order chi connectivity index (χ0) is 38.0. The lowest BCUT2D eigenvalue weighted by Crippen LogP contribution is -2.71. The van der Waals surface area contributed by atoms with E-state index in [9.17, 15) is 24.3 Å². The summed E-state index contributed by atoms with van der Waals surface area (Å²) in [5, 5.41) is 17.1. The fourth-order valence-corrected chi connectivity index (χ4v) is 9.70. The summed E-state index contributed by atoms with van der Waals surface area (Å²) in [6, 6.07) is 4.78. The molecule has 2 amide bonds. The number of carbonyl (C=O) groups excluding carboxylic acids is 4. The number of nitrogens with one attached hydrogen (secondary N) is 2. The lowest BCUT2D eigenvalue weighted by atomic mass is 9.44. The second-order valence-electron chi connectivity index (χ2n) is 16.0. The van der Waals surface area contributed by atoms with Gasteiger partial charge in [0.15, 0.2) is 23.3 Å². The SMILES string of the molecule is CCCC1O[C@@H]2C[C@H]3[C@@H]4C[C@H](F)C5=CC(=O)C=C[C@]5(C)[C@@]4(F)[C@@H](O)C[C@]3(C)[C@]2(C(=O)COc2ccc(NC(=O)[C@H](C)NC(=O)C(N)C(C)C)cc2)O1. The van der Waals surface area contributed by atoms with Crippen LogP contribution in [0.5, 0.6) is 5.75 Å². The normalized spacial score (nSPS) is 38.7. The van der Waals surface area contributed by atoms with Crippen LogP contribution in [0, 0.1) is 28.6 Å². The number of Topliss-reactive ketones (excluding diaryl/α,β-unsaturated/α-hetero) is 1. The standard InChI is InChI=1S/C39H51F2N3O8/c1-7-8-32-51-31-17-25-26-16-28(40)27-15-23(45)13-14-36(27,5)38(26,41)29(46)18-37(25,6)39(31,52-32)30(47)19-50-24-11-9-22(10-12-24)44-34(48)21(4)43-35(49)33(42)20(2)3/h9-15,20-21,25-26,28-29,31-33,46H,7-8,16-19,42H2,1-6H3,(H,43,49)(H,44,48)/t21-,25-,26-,28-,29-,31+,32?,33?,36-,37-,38-,39+/m0/s1. The van der Waals surface area contributed by atoms with Gasteiger partial charge in [0.1, 0.15) is 24.6 Å². The van der Waals surface area contributed by atoms with Crippen LogP contribution in [0.25, 0.3) is 0 Å². The molecule has 5 N–H and O–H groups in total. The summed E-state index contributed by atoms with van der Waals surface area (Å²) in [7, 11) is 0. The molecular weight excluding hydrogens is 676 g/mol. The first-order valence-electron chi connectivity index (χ1n) is 18.4. The molecule has 284 valence electrons. The second kappa shape index (κ2) is 13.7. The molecular formula is C39H51F2N3O8. The Bertz CT molecular complexity index is 1670. The molecule has 0 bridgehead atoms. The Morgan fingerprint density at radius 2 is 1.79 bits per heavy atom. The first-order chi connectivity index (χ1) is 24.4. The van der Waals surface area contributed by atoms with Crippen LogP contribution in [0.3, 0.4) is 0 Å². The first-order valence-corrected chi connectivity index (χ1v) is 18.4. The van der Waals surface area contributed by atoms with Crippen LogP contribution in [-0.4, -0.2) is 83.1 Å². The number of allylic oxidation sites excluding steroid dienone is 4. The van der Waals surface area contributed by atoms with Crippen LogP contribution >= 0.6 is 0 Å². The largest absolute Gasteiger partial charge is 0.486 e. The van der Waals surface area contributed by atoms with Crippen molar-refractivity contribution in [2.24, 2.45) is 34.3 Å². The number of aliphatic hydroxyl groups excluding tert-OH is 1. The number of ketones is 2. The number of fused-ring (bicyclic) bond motifs is 7. The van der Waals surface area contributed by atoms with Gasteiger partial charge in [0.2, 0.25) is 17.6 Å². The van der Waals surface area contributed by atoms with Gasteiger partial charge in [-0.15, -0.1) is 0 Å². The molecule has 3 saturated carbocycles. The number of alkyl halides is 2. The van der Waals surface area contributed by atoms with E-state index in [-0.39, 0.29) is 30.8 Å². The zero-order valence-electron chi connectivity index (χ0n) is 30.6. The van der Waals surface area contributed by atoms with Crippen molar-refractivity contribution in [1.29, 1.82) is 0 Å². The third kappa shape index (κ3) is 5.82. The highest BCUT2D eigenvalue weighted by Gasteiger charge is 2.80. The summed E-state index contributed by atoms with van der Waals surface area (Å²) in [6.45, 7) is 10.1. The Kier molecular flexibility index (Phi) is 10.1. The van der Waals surface area contributed by atoms with Crippen LogP contribution in [0.2, 0.25) is 0 Å². The summed E-state index contributed by atoms with van der Waals surface area (Å²) < 4.78 is 52.6. The van der Waals surface area contributed by atoms with Crippen molar-refractivity contribution >= 4 is 29.1 Å². The molecule has 1 heterocycles. The minimum absolute atomic E-state index is 0.0348. The van der Waals surface area contributed by atoms with Gasteiger partial charge in [-0.2, -0.15) is 0 Å². The Morgan fingerprint density at radius 3 is 2.44 bits per heavy atom. The average Bonchev–Trinajstić information content (AvgIpc) is 3.58. The number of amides is 2. The summed E-state index contributed by atoms with van der Waals surface area (Å²) in [5.41, 5.74) is -0.222. The highest BCUT2D eigenvalue weighted by Crippen LogP contribution is 2.72. The van der Waals surface area contributed by atoms with Crippen molar-refractivity contribution < 1.29 is 47.3 Å². The number of anilines is 1. The summed E-state index contributed by atoms with van der Waals surface area (Å²) in [6.07, 6.45) is 0.188. The summed E-state index contributed by atoms with van der Waals surface area (Å²) in [5.74, 6) is -3.05. The predicted octanol–water partition coefficient (Wildman–Crippen LogP) is 4.27. The van der Waals surface area contributed by atoms with E-state index < -0.39 is 101 Å². The fraction of sp³-hybridized carbons (Fsp3) is 0.641. The van der Waals surface area contributed by atoms with Gasteiger partial charge in [-0.1, -0.05) is 40.2 Å². The van der Waals surface area contributed by atoms with Gasteiger partial charge in [0.05, 0.1) is 18.2 Å². The van der Waals surface area contributed by atoms with E-state index in [2.05, 4.69) is 10.6 Å². The molecule has 4 aliphatic carbocycles. The average molecular weight is 728 g/mol. The molecule has 1 aliphatic heterocycles. The van der Waals surface area contributed by atoms with E-state index in [0.717, 1.165) is 12.5 Å². The van der Waals surface area contributed by atoms with E-state index in [0.29, 0.717) is 17.9 Å². The first kappa shape index (κ1) is 38.2. The van der Waals surface area contributed by atoms with Crippen molar-refractivity contribution in [2.45, 2.75) is 122 Å². The Labute approximate surface area is 303 Å². The second-order valence-corrected chi connectivity index (χ2v) is 16.0. The molecule has 1 aromatic rings. The van der Waals surface area contributed by atoms with E-state index in [4.69, 9.17) is 19.9 Å². The molecule has 0 radical (unpaired) electrons. The molecule has 6 rings (SSSR count). The lowest BCUT2D eigenvalue weighted by molar-refractivity contribution is -0.234. The Morgan fingerprint density at radius 1 is 1.10 bits per heavy atom. The van der Waals surface area contributed by atoms with Crippen LogP contribution < -0.4 is 21.1 Å². The number of aliphatic hydroxyl groups is 1. The predicted molar refractivity (Wildman–Crippen MR) is 187 cm³/mol. The van der Waals surface area contributed by atoms with Crippen molar-refractivity contribution in [3.63, 3.8) is 0 Å². The van der Waals surface area contributed by atoms with E-state index in [1.807, 2.05) is 27.7 Å². The highest BCUT2D eigenvalue weighted by atomic mass is 19.1. The maximum Gasteiger partial charge on any atom is 0.246 e. The topological polar surface area (TPSA) is 166 Å². The number of rotatable bonds is 11. The van der Waals surface area contributed by atoms with E-state index >= 15 is 8.78 Å². The Hall–Kier alpha value is -3.52. The van der Waals surface area contributed by atoms with Crippen LogP contribution in [-0.2, 0) is 28.7 Å². The maximum absolute atomic E-state index is 17.7. The van der Waals surface area contributed by atoms with Gasteiger partial charge in [-0.3, -0.25) is 19.2 Å². The van der Waals surface area contributed by atoms with Gasteiger partial charge >= 0.3 is 0 Å². The van der Waals surface area contributed by atoms with Crippen molar-refractivity contribution in [3.8, 4) is 5.75 Å². The smallest absolute Gasteiger partial charge is 0.246 e. The molecule has 0 aromatic heterocycles. The molecule has 52 heavy (non-hydrogen) atoms. The van der Waals surface area contributed by atoms with Gasteiger partial charge in [0, 0.05) is 22.4 Å². The third-order valence-electron chi connectivity index (χ3n) is 12.6. The molecule has 4 fully saturated rings. The summed E-state index contributed by atoms with van der Waals surface area (Å²) >= 11 is 0. The number of nitrogens with two attached hydrogens (primary N) is 1.